The molecule has 1 saturated carbocycles. The minimum atomic E-state index is -0.267. The number of nitrogens with one attached hydrogen (secondary N) is 1. The molecule has 1 aliphatic rings. The summed E-state index contributed by atoms with van der Waals surface area (Å²) < 4.78 is 0. The average Bonchev–Trinajstić information content (AvgIpc) is 2.43. The predicted molar refractivity (Wildman–Crippen MR) is 81.9 cm³/mol. The molecule has 2 rings (SSSR count). The first kappa shape index (κ1) is 14.9. The highest BCUT2D eigenvalue weighted by Gasteiger charge is 2.33. The zero-order chi connectivity index (χ0) is 14.8. The number of aliphatic hydroxyl groups excluding tert-OH is 1. The molecule has 0 radical (unpaired) electrons. The summed E-state index contributed by atoms with van der Waals surface area (Å²) in [5.74, 6) is 0.678. The van der Waals surface area contributed by atoms with Crippen LogP contribution in [0.2, 0.25) is 0 Å². The first-order chi connectivity index (χ1) is 9.46. The van der Waals surface area contributed by atoms with Gasteiger partial charge in [-0.15, -0.1) is 0 Å². The maximum absolute atomic E-state index is 11.5. The number of hydrogen-bond acceptors (Lipinski definition) is 4. The summed E-state index contributed by atoms with van der Waals surface area (Å²) in [5, 5.41) is 13.2. The van der Waals surface area contributed by atoms with E-state index in [1.54, 1.807) is 12.1 Å². The standard InChI is InChI=1S/C16H24N2O2/c1-11-5-7-16(10-19,8-6-11)18-13-3-4-15(17)14(9-13)12(2)20/h3-4,9,11,18-19H,5-8,10,17H2,1-2H3. The molecule has 0 unspecified atom stereocenters. The largest absolute Gasteiger partial charge is 0.398 e. The molecule has 20 heavy (non-hydrogen) atoms. The van der Waals surface area contributed by atoms with Crippen molar-refractivity contribution in [1.29, 1.82) is 0 Å². The fraction of sp³-hybridized carbons (Fsp3) is 0.562. The van der Waals surface area contributed by atoms with E-state index in [0.717, 1.165) is 37.3 Å². The van der Waals surface area contributed by atoms with E-state index in [-0.39, 0.29) is 17.9 Å². The molecule has 0 aromatic heterocycles. The minimum Gasteiger partial charge on any atom is -0.398 e. The second kappa shape index (κ2) is 5.83. The van der Waals surface area contributed by atoms with Crippen LogP contribution in [0.3, 0.4) is 0 Å². The summed E-state index contributed by atoms with van der Waals surface area (Å²) >= 11 is 0. The van der Waals surface area contributed by atoms with E-state index >= 15 is 0 Å². The lowest BCUT2D eigenvalue weighted by atomic mass is 9.77. The Morgan fingerprint density at radius 2 is 2.10 bits per heavy atom. The lowest BCUT2D eigenvalue weighted by Crippen LogP contribution is -2.45. The van der Waals surface area contributed by atoms with Gasteiger partial charge in [0.15, 0.2) is 5.78 Å². The molecular weight excluding hydrogens is 252 g/mol. The molecule has 4 N–H and O–H groups in total. The number of hydrogen-bond donors (Lipinski definition) is 3. The Bertz CT molecular complexity index is 491. The van der Waals surface area contributed by atoms with Gasteiger partial charge in [-0.25, -0.2) is 0 Å². The van der Waals surface area contributed by atoms with Crippen LogP contribution in [-0.4, -0.2) is 23.0 Å². The fourth-order valence-electron chi connectivity index (χ4n) is 2.88. The predicted octanol–water partition coefficient (Wildman–Crippen LogP) is 2.82. The summed E-state index contributed by atoms with van der Waals surface area (Å²) in [4.78, 5) is 11.5. The third kappa shape index (κ3) is 3.12. The van der Waals surface area contributed by atoms with Crippen molar-refractivity contribution in [2.24, 2.45) is 5.92 Å². The van der Waals surface area contributed by atoms with Crippen LogP contribution in [0.25, 0.3) is 0 Å². The number of anilines is 2. The van der Waals surface area contributed by atoms with Gasteiger partial charge in [0.05, 0.1) is 12.1 Å². The van der Waals surface area contributed by atoms with E-state index in [4.69, 9.17) is 5.73 Å². The van der Waals surface area contributed by atoms with Crippen LogP contribution in [0, 0.1) is 5.92 Å². The second-order valence-corrected chi connectivity index (χ2v) is 6.10. The number of Topliss-reactive ketones (excluding diaryl/α,β-unsaturated/α-hetero) is 1. The molecule has 0 aliphatic heterocycles. The Morgan fingerprint density at radius 1 is 1.45 bits per heavy atom. The van der Waals surface area contributed by atoms with Crippen molar-refractivity contribution in [3.63, 3.8) is 0 Å². The van der Waals surface area contributed by atoms with Gasteiger partial charge in [-0.1, -0.05) is 6.92 Å². The molecule has 1 aromatic carbocycles. The molecule has 0 spiro atoms. The normalized spacial score (nSPS) is 26.2. The molecule has 1 fully saturated rings. The van der Waals surface area contributed by atoms with E-state index in [9.17, 15) is 9.90 Å². The van der Waals surface area contributed by atoms with E-state index in [0.29, 0.717) is 11.3 Å². The number of ketones is 1. The average molecular weight is 276 g/mol. The summed E-state index contributed by atoms with van der Waals surface area (Å²) in [6, 6.07) is 5.40. The highest BCUT2D eigenvalue weighted by Crippen LogP contribution is 2.34. The van der Waals surface area contributed by atoms with Crippen LogP contribution >= 0.6 is 0 Å². The van der Waals surface area contributed by atoms with E-state index in [1.165, 1.54) is 6.92 Å². The number of carbonyl (C=O) groups is 1. The third-order valence-electron chi connectivity index (χ3n) is 4.38. The van der Waals surface area contributed by atoms with E-state index in [1.807, 2.05) is 6.07 Å². The lowest BCUT2D eigenvalue weighted by Gasteiger charge is -2.39. The van der Waals surface area contributed by atoms with Gasteiger partial charge in [-0.05, 0) is 56.7 Å². The first-order valence-corrected chi connectivity index (χ1v) is 7.25. The van der Waals surface area contributed by atoms with Gasteiger partial charge in [-0.2, -0.15) is 0 Å². The van der Waals surface area contributed by atoms with Crippen molar-refractivity contribution in [2.75, 3.05) is 17.7 Å². The number of aliphatic hydroxyl groups is 1. The minimum absolute atomic E-state index is 0.0403. The lowest BCUT2D eigenvalue weighted by molar-refractivity contribution is 0.101. The van der Waals surface area contributed by atoms with Gasteiger partial charge >= 0.3 is 0 Å². The number of nitrogen functional groups attached to an aromatic ring is 1. The van der Waals surface area contributed by atoms with Crippen molar-refractivity contribution < 1.29 is 9.90 Å². The summed E-state index contributed by atoms with van der Waals surface area (Å²) in [5.41, 5.74) is 7.43. The second-order valence-electron chi connectivity index (χ2n) is 6.10. The molecule has 4 nitrogen and oxygen atoms in total. The number of carbonyl (C=O) groups excluding carboxylic acids is 1. The Labute approximate surface area is 120 Å². The topological polar surface area (TPSA) is 75.3 Å². The van der Waals surface area contributed by atoms with Crippen molar-refractivity contribution in [1.82, 2.24) is 0 Å². The maximum atomic E-state index is 11.5. The molecule has 1 aromatic rings. The molecule has 110 valence electrons. The zero-order valence-electron chi connectivity index (χ0n) is 12.3. The van der Waals surface area contributed by atoms with Crippen LogP contribution in [0.5, 0.6) is 0 Å². The van der Waals surface area contributed by atoms with Gasteiger partial charge in [0.2, 0.25) is 0 Å². The Balaban J connectivity index is 2.20. The van der Waals surface area contributed by atoms with Crippen LogP contribution in [0.4, 0.5) is 11.4 Å². The van der Waals surface area contributed by atoms with E-state index in [2.05, 4.69) is 12.2 Å². The SMILES string of the molecule is CC(=O)c1cc(NC2(CO)CCC(C)CC2)ccc1N. The quantitative estimate of drug-likeness (QED) is 0.584. The van der Waals surface area contributed by atoms with E-state index < -0.39 is 0 Å². The highest BCUT2D eigenvalue weighted by molar-refractivity contribution is 6.00. The molecule has 1 aliphatic carbocycles. The Kier molecular flexibility index (Phi) is 4.33. The van der Waals surface area contributed by atoms with Crippen molar-refractivity contribution in [3.05, 3.63) is 23.8 Å². The fourth-order valence-corrected chi connectivity index (χ4v) is 2.88. The summed E-state index contributed by atoms with van der Waals surface area (Å²) in [6.07, 6.45) is 4.12. The van der Waals surface area contributed by atoms with Crippen molar-refractivity contribution in [2.45, 2.75) is 45.1 Å². The summed E-state index contributed by atoms with van der Waals surface area (Å²) in [7, 11) is 0. The van der Waals surface area contributed by atoms with Gasteiger partial charge in [-0.3, -0.25) is 4.79 Å². The number of rotatable bonds is 4. The first-order valence-electron chi connectivity index (χ1n) is 7.25. The molecule has 0 amide bonds. The molecule has 0 bridgehead atoms. The van der Waals surface area contributed by atoms with Crippen LogP contribution in [0.1, 0.15) is 49.9 Å². The smallest absolute Gasteiger partial charge is 0.161 e. The highest BCUT2D eigenvalue weighted by atomic mass is 16.3. The van der Waals surface area contributed by atoms with Gasteiger partial charge in [0.1, 0.15) is 0 Å². The zero-order valence-corrected chi connectivity index (χ0v) is 12.3. The number of nitrogens with two attached hydrogens (primary N) is 1. The Hall–Kier alpha value is -1.55. The van der Waals surface area contributed by atoms with Crippen LogP contribution < -0.4 is 11.1 Å². The maximum Gasteiger partial charge on any atom is 0.161 e. The molecule has 0 atom stereocenters. The molecule has 4 heteroatoms. The van der Waals surface area contributed by atoms with Gasteiger partial charge < -0.3 is 16.2 Å². The molecule has 0 saturated heterocycles. The van der Waals surface area contributed by atoms with Gasteiger partial charge in [0.25, 0.3) is 0 Å². The molecular formula is C16H24N2O2. The summed E-state index contributed by atoms with van der Waals surface area (Å²) in [6.45, 7) is 3.87. The number of benzene rings is 1. The third-order valence-corrected chi connectivity index (χ3v) is 4.38. The van der Waals surface area contributed by atoms with Crippen LogP contribution in [0.15, 0.2) is 18.2 Å². The monoisotopic (exact) mass is 276 g/mol. The van der Waals surface area contributed by atoms with Crippen molar-refractivity contribution >= 4 is 17.2 Å². The Morgan fingerprint density at radius 3 is 2.65 bits per heavy atom. The molecule has 0 heterocycles. The van der Waals surface area contributed by atoms with Crippen molar-refractivity contribution in [3.8, 4) is 0 Å². The van der Waals surface area contributed by atoms with Gasteiger partial charge in [0, 0.05) is 16.9 Å². The van der Waals surface area contributed by atoms with Crippen LogP contribution in [-0.2, 0) is 0 Å².